The third-order valence-corrected chi connectivity index (χ3v) is 3.80. The van der Waals surface area contributed by atoms with Crippen LogP contribution in [0.4, 0.5) is 0 Å². The van der Waals surface area contributed by atoms with Crippen LogP contribution in [0.3, 0.4) is 0 Å². The molecule has 2 heterocycles. The van der Waals surface area contributed by atoms with Gasteiger partial charge in [0.1, 0.15) is 6.29 Å². The second-order valence-electron chi connectivity index (χ2n) is 5.41. The van der Waals surface area contributed by atoms with Crippen molar-refractivity contribution in [2.24, 2.45) is 0 Å². The van der Waals surface area contributed by atoms with Crippen LogP contribution in [0.2, 0.25) is 0 Å². The highest BCUT2D eigenvalue weighted by Crippen LogP contribution is 2.17. The van der Waals surface area contributed by atoms with Crippen LogP contribution >= 0.6 is 0 Å². The van der Waals surface area contributed by atoms with Gasteiger partial charge in [0, 0.05) is 18.4 Å². The minimum atomic E-state index is -0.196. The Bertz CT molecular complexity index is 610. The Morgan fingerprint density at radius 1 is 1.48 bits per heavy atom. The standard InChI is InChI=1S/C16H19N3O2/c1-12-3-4-16(19-6-2-5-17-19)8-13(12)7-14-10-21-11-15(9-20)18-14/h2-6,8-9,14-15,18H,7,10-11H2,1H3. The van der Waals surface area contributed by atoms with Gasteiger partial charge in [-0.25, -0.2) is 4.68 Å². The molecular weight excluding hydrogens is 266 g/mol. The van der Waals surface area contributed by atoms with Crippen molar-refractivity contribution in [2.45, 2.75) is 25.4 Å². The summed E-state index contributed by atoms with van der Waals surface area (Å²) in [6.45, 7) is 3.20. The number of aldehydes is 1. The number of nitrogens with zero attached hydrogens (tertiary/aromatic N) is 2. The first-order valence-corrected chi connectivity index (χ1v) is 7.15. The number of carbonyl (C=O) groups is 1. The summed E-state index contributed by atoms with van der Waals surface area (Å²) < 4.78 is 7.34. The molecule has 2 unspecified atom stereocenters. The van der Waals surface area contributed by atoms with E-state index in [1.54, 1.807) is 6.20 Å². The van der Waals surface area contributed by atoms with Crippen LogP contribution in [-0.4, -0.2) is 41.4 Å². The quantitative estimate of drug-likeness (QED) is 0.860. The number of aromatic nitrogens is 2. The maximum atomic E-state index is 10.9. The minimum Gasteiger partial charge on any atom is -0.378 e. The molecule has 3 rings (SSSR count). The molecule has 1 aromatic carbocycles. The zero-order chi connectivity index (χ0) is 14.7. The Labute approximate surface area is 123 Å². The summed E-state index contributed by atoms with van der Waals surface area (Å²) in [6.07, 6.45) is 5.45. The molecule has 0 saturated carbocycles. The molecule has 0 spiro atoms. The molecule has 5 heteroatoms. The van der Waals surface area contributed by atoms with Gasteiger partial charge >= 0.3 is 0 Å². The van der Waals surface area contributed by atoms with E-state index in [1.165, 1.54) is 11.1 Å². The van der Waals surface area contributed by atoms with Crippen LogP contribution in [0.25, 0.3) is 5.69 Å². The molecule has 2 atom stereocenters. The molecule has 0 bridgehead atoms. The zero-order valence-corrected chi connectivity index (χ0v) is 12.0. The fourth-order valence-corrected chi connectivity index (χ4v) is 2.64. The smallest absolute Gasteiger partial charge is 0.139 e. The van der Waals surface area contributed by atoms with Crippen molar-refractivity contribution in [3.8, 4) is 5.69 Å². The maximum absolute atomic E-state index is 10.9. The van der Waals surface area contributed by atoms with Crippen LogP contribution in [0.1, 0.15) is 11.1 Å². The number of benzene rings is 1. The highest BCUT2D eigenvalue weighted by atomic mass is 16.5. The van der Waals surface area contributed by atoms with E-state index in [9.17, 15) is 4.79 Å². The van der Waals surface area contributed by atoms with Gasteiger partial charge in [-0.2, -0.15) is 5.10 Å². The summed E-state index contributed by atoms with van der Waals surface area (Å²) in [5.41, 5.74) is 3.53. The highest BCUT2D eigenvalue weighted by molar-refractivity contribution is 5.58. The van der Waals surface area contributed by atoms with Crippen molar-refractivity contribution in [3.05, 3.63) is 47.8 Å². The zero-order valence-electron chi connectivity index (χ0n) is 12.0. The van der Waals surface area contributed by atoms with Gasteiger partial charge in [-0.15, -0.1) is 0 Å². The first-order chi connectivity index (χ1) is 10.3. The van der Waals surface area contributed by atoms with Gasteiger partial charge in [-0.1, -0.05) is 6.07 Å². The summed E-state index contributed by atoms with van der Waals surface area (Å²) >= 11 is 0. The van der Waals surface area contributed by atoms with E-state index in [2.05, 4.69) is 35.5 Å². The largest absolute Gasteiger partial charge is 0.378 e. The van der Waals surface area contributed by atoms with Gasteiger partial charge in [0.15, 0.2) is 0 Å². The normalized spacial score (nSPS) is 22.1. The van der Waals surface area contributed by atoms with Crippen molar-refractivity contribution in [1.29, 1.82) is 0 Å². The highest BCUT2D eigenvalue weighted by Gasteiger charge is 2.21. The van der Waals surface area contributed by atoms with E-state index in [0.29, 0.717) is 13.2 Å². The number of aryl methyl sites for hydroxylation is 1. The molecule has 0 aliphatic carbocycles. The first-order valence-electron chi connectivity index (χ1n) is 7.15. The number of morpholine rings is 1. The molecule has 1 aliphatic rings. The average Bonchev–Trinajstić information content (AvgIpc) is 3.04. The average molecular weight is 285 g/mol. The molecule has 1 fully saturated rings. The van der Waals surface area contributed by atoms with Crippen molar-refractivity contribution < 1.29 is 9.53 Å². The van der Waals surface area contributed by atoms with E-state index in [-0.39, 0.29) is 12.1 Å². The van der Waals surface area contributed by atoms with Crippen LogP contribution in [0.5, 0.6) is 0 Å². The molecule has 2 aromatic rings. The lowest BCUT2D eigenvalue weighted by Crippen LogP contribution is -2.50. The number of carbonyl (C=O) groups excluding carboxylic acids is 1. The summed E-state index contributed by atoms with van der Waals surface area (Å²) in [7, 11) is 0. The van der Waals surface area contributed by atoms with E-state index in [1.807, 2.05) is 16.9 Å². The Hall–Kier alpha value is -1.98. The van der Waals surface area contributed by atoms with E-state index < -0.39 is 0 Å². The second-order valence-corrected chi connectivity index (χ2v) is 5.41. The fourth-order valence-electron chi connectivity index (χ4n) is 2.64. The molecule has 0 amide bonds. The fraction of sp³-hybridized carbons (Fsp3) is 0.375. The van der Waals surface area contributed by atoms with Crippen molar-refractivity contribution in [2.75, 3.05) is 13.2 Å². The van der Waals surface area contributed by atoms with Gasteiger partial charge in [-0.3, -0.25) is 0 Å². The number of hydrogen-bond acceptors (Lipinski definition) is 4. The Morgan fingerprint density at radius 2 is 2.38 bits per heavy atom. The summed E-state index contributed by atoms with van der Waals surface area (Å²) in [5, 5.41) is 7.58. The molecule has 0 radical (unpaired) electrons. The van der Waals surface area contributed by atoms with Crippen molar-refractivity contribution >= 4 is 6.29 Å². The van der Waals surface area contributed by atoms with Crippen LogP contribution in [0, 0.1) is 6.92 Å². The van der Waals surface area contributed by atoms with Gasteiger partial charge in [0.2, 0.25) is 0 Å². The van der Waals surface area contributed by atoms with Crippen LogP contribution < -0.4 is 5.32 Å². The monoisotopic (exact) mass is 285 g/mol. The summed E-state index contributed by atoms with van der Waals surface area (Å²) in [5.74, 6) is 0. The Balaban J connectivity index is 1.78. The van der Waals surface area contributed by atoms with E-state index in [0.717, 1.165) is 18.4 Å². The lowest BCUT2D eigenvalue weighted by Gasteiger charge is -2.28. The first kappa shape index (κ1) is 14.0. The molecule has 110 valence electrons. The molecule has 1 N–H and O–H groups in total. The third kappa shape index (κ3) is 3.20. The predicted molar refractivity (Wildman–Crippen MR) is 79.6 cm³/mol. The Kier molecular flexibility index (Phi) is 4.13. The van der Waals surface area contributed by atoms with Crippen LogP contribution in [0.15, 0.2) is 36.7 Å². The topological polar surface area (TPSA) is 56.2 Å². The predicted octanol–water partition coefficient (Wildman–Crippen LogP) is 1.28. The Morgan fingerprint density at radius 3 is 3.14 bits per heavy atom. The van der Waals surface area contributed by atoms with Crippen molar-refractivity contribution in [3.63, 3.8) is 0 Å². The third-order valence-electron chi connectivity index (χ3n) is 3.80. The van der Waals surface area contributed by atoms with Gasteiger partial charge < -0.3 is 14.8 Å². The minimum absolute atomic E-state index is 0.167. The van der Waals surface area contributed by atoms with Crippen LogP contribution in [-0.2, 0) is 16.0 Å². The lowest BCUT2D eigenvalue weighted by molar-refractivity contribution is -0.112. The summed E-state index contributed by atoms with van der Waals surface area (Å²) in [6, 6.07) is 8.19. The number of hydrogen-bond donors (Lipinski definition) is 1. The van der Waals surface area contributed by atoms with E-state index >= 15 is 0 Å². The number of ether oxygens (including phenoxy) is 1. The molecule has 1 aliphatic heterocycles. The molecule has 1 aromatic heterocycles. The van der Waals surface area contributed by atoms with Gasteiger partial charge in [0.25, 0.3) is 0 Å². The molecular formula is C16H19N3O2. The summed E-state index contributed by atoms with van der Waals surface area (Å²) in [4.78, 5) is 10.9. The van der Waals surface area contributed by atoms with Gasteiger partial charge in [0.05, 0.1) is 24.9 Å². The maximum Gasteiger partial charge on any atom is 0.139 e. The number of nitrogens with one attached hydrogen (secondary N) is 1. The van der Waals surface area contributed by atoms with E-state index in [4.69, 9.17) is 4.74 Å². The molecule has 1 saturated heterocycles. The van der Waals surface area contributed by atoms with Gasteiger partial charge in [-0.05, 0) is 42.7 Å². The molecule has 5 nitrogen and oxygen atoms in total. The van der Waals surface area contributed by atoms with Crippen molar-refractivity contribution in [1.82, 2.24) is 15.1 Å². The number of rotatable bonds is 4. The lowest BCUT2D eigenvalue weighted by atomic mass is 9.99. The SMILES string of the molecule is Cc1ccc(-n2cccn2)cc1CC1COCC(C=O)N1. The second kappa shape index (κ2) is 6.20. The molecule has 21 heavy (non-hydrogen) atoms.